The van der Waals surface area contributed by atoms with Crippen molar-refractivity contribution in [2.75, 3.05) is 44.2 Å². The number of carbonyl (C=O) groups excluding carboxylic acids is 1. The minimum atomic E-state index is -0.195. The third-order valence-electron chi connectivity index (χ3n) is 5.51. The lowest BCUT2D eigenvalue weighted by molar-refractivity contribution is 0.0951. The first kappa shape index (κ1) is 21.3. The molecular formula is C24H32FN3O. The van der Waals surface area contributed by atoms with Gasteiger partial charge in [0.25, 0.3) is 5.91 Å². The third-order valence-corrected chi connectivity index (χ3v) is 5.51. The molecule has 0 atom stereocenters. The van der Waals surface area contributed by atoms with Crippen molar-refractivity contribution in [3.8, 4) is 0 Å². The second-order valence-corrected chi connectivity index (χ2v) is 8.74. The van der Waals surface area contributed by atoms with E-state index < -0.39 is 0 Å². The van der Waals surface area contributed by atoms with E-state index in [9.17, 15) is 9.18 Å². The molecule has 156 valence electrons. The molecule has 0 aromatic heterocycles. The van der Waals surface area contributed by atoms with Crippen LogP contribution in [-0.4, -0.2) is 50.1 Å². The molecule has 0 unspecified atom stereocenters. The number of anilines is 1. The van der Waals surface area contributed by atoms with Crippen LogP contribution in [0.3, 0.4) is 0 Å². The highest BCUT2D eigenvalue weighted by atomic mass is 19.1. The summed E-state index contributed by atoms with van der Waals surface area (Å²) in [5, 5.41) is 3.03. The molecule has 3 rings (SSSR count). The molecule has 0 bridgehead atoms. The van der Waals surface area contributed by atoms with Crippen LogP contribution in [0.15, 0.2) is 48.5 Å². The van der Waals surface area contributed by atoms with E-state index in [-0.39, 0.29) is 17.1 Å². The van der Waals surface area contributed by atoms with E-state index in [1.165, 1.54) is 17.7 Å². The van der Waals surface area contributed by atoms with E-state index in [1.807, 2.05) is 36.4 Å². The minimum Gasteiger partial charge on any atom is -0.369 e. The van der Waals surface area contributed by atoms with Gasteiger partial charge in [-0.1, -0.05) is 32.9 Å². The van der Waals surface area contributed by atoms with Crippen LogP contribution >= 0.6 is 0 Å². The summed E-state index contributed by atoms with van der Waals surface area (Å²) >= 11 is 0. The number of hydrogen-bond acceptors (Lipinski definition) is 3. The minimum absolute atomic E-state index is 0.00779. The Morgan fingerprint density at radius 1 is 0.966 bits per heavy atom. The fraction of sp³-hybridized carbons (Fsp3) is 0.458. The van der Waals surface area contributed by atoms with E-state index in [2.05, 4.69) is 35.9 Å². The Morgan fingerprint density at radius 2 is 1.59 bits per heavy atom. The van der Waals surface area contributed by atoms with Crippen molar-refractivity contribution < 1.29 is 9.18 Å². The van der Waals surface area contributed by atoms with Crippen molar-refractivity contribution >= 4 is 11.6 Å². The molecular weight excluding hydrogens is 365 g/mol. The van der Waals surface area contributed by atoms with Crippen molar-refractivity contribution in [1.82, 2.24) is 10.2 Å². The van der Waals surface area contributed by atoms with E-state index >= 15 is 0 Å². The summed E-state index contributed by atoms with van der Waals surface area (Å²) in [5.41, 5.74) is 3.12. The summed E-state index contributed by atoms with van der Waals surface area (Å²) in [6.45, 7) is 12.0. The summed E-state index contributed by atoms with van der Waals surface area (Å²) in [6.07, 6.45) is 0.933. The molecule has 0 radical (unpaired) electrons. The Labute approximate surface area is 173 Å². The van der Waals surface area contributed by atoms with Crippen molar-refractivity contribution in [3.63, 3.8) is 0 Å². The topological polar surface area (TPSA) is 35.6 Å². The van der Waals surface area contributed by atoms with Crippen LogP contribution in [0.2, 0.25) is 0 Å². The van der Waals surface area contributed by atoms with E-state index in [4.69, 9.17) is 0 Å². The zero-order valence-corrected chi connectivity index (χ0v) is 17.7. The van der Waals surface area contributed by atoms with Crippen molar-refractivity contribution in [3.05, 3.63) is 65.5 Å². The smallest absolute Gasteiger partial charge is 0.251 e. The number of rotatable bonds is 6. The number of halogens is 1. The molecule has 2 aromatic rings. The predicted octanol–water partition coefficient (Wildman–Crippen LogP) is 4.07. The van der Waals surface area contributed by atoms with Gasteiger partial charge >= 0.3 is 0 Å². The Hall–Kier alpha value is -2.40. The first-order valence-electron chi connectivity index (χ1n) is 10.4. The lowest BCUT2D eigenvalue weighted by Crippen LogP contribution is -2.47. The largest absolute Gasteiger partial charge is 0.369 e. The van der Waals surface area contributed by atoms with Gasteiger partial charge in [-0.05, 0) is 60.3 Å². The number of piperazine rings is 1. The Balaban J connectivity index is 1.35. The zero-order valence-electron chi connectivity index (χ0n) is 17.7. The van der Waals surface area contributed by atoms with Gasteiger partial charge in [0, 0.05) is 44.0 Å². The highest BCUT2D eigenvalue weighted by Crippen LogP contribution is 2.22. The maximum Gasteiger partial charge on any atom is 0.251 e. The van der Waals surface area contributed by atoms with Gasteiger partial charge in [0.1, 0.15) is 5.82 Å². The molecule has 0 saturated carbocycles. The van der Waals surface area contributed by atoms with E-state index in [0.717, 1.165) is 44.8 Å². The molecule has 2 aromatic carbocycles. The van der Waals surface area contributed by atoms with E-state index in [1.54, 1.807) is 0 Å². The van der Waals surface area contributed by atoms with Crippen LogP contribution in [0.4, 0.5) is 10.1 Å². The number of nitrogens with zero attached hydrogens (tertiary/aromatic N) is 2. The Bertz CT molecular complexity index is 788. The molecule has 0 spiro atoms. The zero-order chi connectivity index (χ0) is 20.9. The predicted molar refractivity (Wildman–Crippen MR) is 117 cm³/mol. The summed E-state index contributed by atoms with van der Waals surface area (Å²) in [6, 6.07) is 14.6. The van der Waals surface area contributed by atoms with Gasteiger partial charge in [0.15, 0.2) is 0 Å². The molecule has 1 aliphatic heterocycles. The second-order valence-electron chi connectivity index (χ2n) is 8.74. The lowest BCUT2D eigenvalue weighted by Gasteiger charge is -2.36. The van der Waals surface area contributed by atoms with Crippen LogP contribution in [0.1, 0.15) is 43.1 Å². The lowest BCUT2D eigenvalue weighted by atomic mass is 9.87. The Morgan fingerprint density at radius 3 is 2.17 bits per heavy atom. The number of hydrogen-bond donors (Lipinski definition) is 1. The molecule has 1 saturated heterocycles. The number of benzene rings is 2. The van der Waals surface area contributed by atoms with Gasteiger partial charge in [-0.15, -0.1) is 0 Å². The SMILES string of the molecule is CC(C)(C)c1ccc(C(=O)NCCCN2CCN(c3ccc(F)cc3)CC2)cc1. The van der Waals surface area contributed by atoms with E-state index in [0.29, 0.717) is 12.1 Å². The number of nitrogens with one attached hydrogen (secondary N) is 1. The molecule has 1 fully saturated rings. The molecule has 1 aliphatic rings. The molecule has 1 heterocycles. The number of amides is 1. The van der Waals surface area contributed by atoms with Crippen molar-refractivity contribution in [1.29, 1.82) is 0 Å². The van der Waals surface area contributed by atoms with Crippen LogP contribution in [0.25, 0.3) is 0 Å². The fourth-order valence-corrected chi connectivity index (χ4v) is 3.61. The van der Waals surface area contributed by atoms with Crippen LogP contribution < -0.4 is 10.2 Å². The summed E-state index contributed by atoms with van der Waals surface area (Å²) < 4.78 is 13.1. The van der Waals surface area contributed by atoms with Crippen LogP contribution in [0, 0.1) is 5.82 Å². The standard InChI is InChI=1S/C24H32FN3O/c1-24(2,3)20-7-5-19(6-8-20)23(29)26-13-4-14-27-15-17-28(18-16-27)22-11-9-21(25)10-12-22/h5-12H,4,13-18H2,1-3H3,(H,26,29). The maximum absolute atomic E-state index is 13.1. The van der Waals surface area contributed by atoms with Gasteiger partial charge in [0.2, 0.25) is 0 Å². The normalized spacial score (nSPS) is 15.4. The van der Waals surface area contributed by atoms with Gasteiger partial charge < -0.3 is 10.2 Å². The van der Waals surface area contributed by atoms with Gasteiger partial charge in [0.05, 0.1) is 0 Å². The van der Waals surface area contributed by atoms with Crippen molar-refractivity contribution in [2.45, 2.75) is 32.6 Å². The molecule has 4 nitrogen and oxygen atoms in total. The monoisotopic (exact) mass is 397 g/mol. The van der Waals surface area contributed by atoms with Gasteiger partial charge in [-0.25, -0.2) is 4.39 Å². The Kier molecular flexibility index (Phi) is 6.91. The molecule has 1 amide bonds. The third kappa shape index (κ3) is 6.04. The van der Waals surface area contributed by atoms with Crippen LogP contribution in [0.5, 0.6) is 0 Å². The van der Waals surface area contributed by atoms with Gasteiger partial charge in [-0.3, -0.25) is 9.69 Å². The highest BCUT2D eigenvalue weighted by molar-refractivity contribution is 5.94. The second kappa shape index (κ2) is 9.40. The van der Waals surface area contributed by atoms with Crippen molar-refractivity contribution in [2.24, 2.45) is 0 Å². The fourth-order valence-electron chi connectivity index (χ4n) is 3.61. The average molecular weight is 398 g/mol. The molecule has 29 heavy (non-hydrogen) atoms. The quantitative estimate of drug-likeness (QED) is 0.747. The van der Waals surface area contributed by atoms with Gasteiger partial charge in [-0.2, -0.15) is 0 Å². The molecule has 0 aliphatic carbocycles. The maximum atomic E-state index is 13.1. The first-order chi connectivity index (χ1) is 13.8. The average Bonchev–Trinajstić information content (AvgIpc) is 2.71. The molecule has 1 N–H and O–H groups in total. The highest BCUT2D eigenvalue weighted by Gasteiger charge is 2.17. The summed E-state index contributed by atoms with van der Waals surface area (Å²) in [7, 11) is 0. The summed E-state index contributed by atoms with van der Waals surface area (Å²) in [5.74, 6) is -0.203. The summed E-state index contributed by atoms with van der Waals surface area (Å²) in [4.78, 5) is 17.0. The van der Waals surface area contributed by atoms with Crippen LogP contribution in [-0.2, 0) is 5.41 Å². The molecule has 5 heteroatoms. The first-order valence-corrected chi connectivity index (χ1v) is 10.4. The number of carbonyl (C=O) groups is 1.